The molecular weight excluding hydrogens is 432 g/mol. The molecule has 3 atom stereocenters. The number of carbonyl (C=O) groups excluding carboxylic acids is 1. The number of nitriles is 1. The third-order valence-corrected chi connectivity index (χ3v) is 7.84. The topological polar surface area (TPSA) is 93.9 Å². The van der Waals surface area contributed by atoms with E-state index in [0.717, 1.165) is 49.5 Å². The number of carbonyl (C=O) groups is 1. The minimum atomic E-state index is -0.248. The van der Waals surface area contributed by atoms with Crippen LogP contribution in [-0.4, -0.2) is 51.0 Å². The fraction of sp³-hybridized carbons (Fsp3) is 0.714. The van der Waals surface area contributed by atoms with Gasteiger partial charge in [-0.1, -0.05) is 0 Å². The molecule has 6 rings (SSSR count). The minimum Gasteiger partial charge on any atom is -0.349 e. The molecule has 2 N–H and O–H groups in total. The van der Waals surface area contributed by atoms with Gasteiger partial charge in [0.1, 0.15) is 10.6 Å². The Bertz CT molecular complexity index is 840. The Morgan fingerprint density at radius 3 is 2.79 bits per heavy atom. The van der Waals surface area contributed by atoms with Crippen LogP contribution < -0.4 is 10.6 Å². The van der Waals surface area contributed by atoms with Gasteiger partial charge < -0.3 is 15.5 Å². The standard InChI is InChI=1S/C21H27BrN6O/c22-17-3-4-24-19(26-17)27-21-9-14-6-15(10-21)8-20(7-14,13-21)25-12-18(29)28-5-1-2-16(28)11-23/h3-4,14-16,25H,1-2,5-10,12-13H2,(H,24,26,27)/t14?,15?,16-,20?,21?/m0/s1. The van der Waals surface area contributed by atoms with Gasteiger partial charge in [-0.05, 0) is 85.2 Å². The third kappa shape index (κ3) is 3.64. The van der Waals surface area contributed by atoms with E-state index in [4.69, 9.17) is 0 Å². The Labute approximate surface area is 179 Å². The molecule has 4 aliphatic carbocycles. The summed E-state index contributed by atoms with van der Waals surface area (Å²) in [5, 5.41) is 16.6. The van der Waals surface area contributed by atoms with Crippen molar-refractivity contribution in [3.8, 4) is 6.07 Å². The predicted molar refractivity (Wildman–Crippen MR) is 112 cm³/mol. The number of hydrogen-bond donors (Lipinski definition) is 2. The molecule has 4 bridgehead atoms. The van der Waals surface area contributed by atoms with Crippen molar-refractivity contribution < 1.29 is 4.79 Å². The van der Waals surface area contributed by atoms with E-state index in [0.29, 0.717) is 30.9 Å². The van der Waals surface area contributed by atoms with Gasteiger partial charge in [0.25, 0.3) is 0 Å². The Hall–Kier alpha value is -1.72. The predicted octanol–water partition coefficient (Wildman–Crippen LogP) is 2.85. The zero-order chi connectivity index (χ0) is 20.1. The number of anilines is 1. The first-order chi connectivity index (χ1) is 14.0. The fourth-order valence-electron chi connectivity index (χ4n) is 6.81. The monoisotopic (exact) mass is 458 g/mol. The van der Waals surface area contributed by atoms with Gasteiger partial charge in [0.15, 0.2) is 0 Å². The molecule has 0 aromatic carbocycles. The quantitative estimate of drug-likeness (QED) is 0.658. The molecule has 154 valence electrons. The lowest BCUT2D eigenvalue weighted by Gasteiger charge is -2.62. The average molecular weight is 459 g/mol. The molecule has 2 unspecified atom stereocenters. The van der Waals surface area contributed by atoms with Crippen LogP contribution in [0.1, 0.15) is 51.4 Å². The van der Waals surface area contributed by atoms with Crippen molar-refractivity contribution >= 4 is 27.8 Å². The van der Waals surface area contributed by atoms with Crippen molar-refractivity contribution in [2.75, 3.05) is 18.4 Å². The highest BCUT2D eigenvalue weighted by atomic mass is 79.9. The average Bonchev–Trinajstić information content (AvgIpc) is 3.13. The van der Waals surface area contributed by atoms with E-state index in [9.17, 15) is 10.1 Å². The summed E-state index contributed by atoms with van der Waals surface area (Å²) >= 11 is 3.44. The first-order valence-corrected chi connectivity index (χ1v) is 11.5. The molecule has 1 aromatic rings. The number of halogens is 1. The summed E-state index contributed by atoms with van der Waals surface area (Å²) in [5.41, 5.74) is 0.00434. The second kappa shape index (κ2) is 7.21. The van der Waals surface area contributed by atoms with Gasteiger partial charge in [-0.15, -0.1) is 0 Å². The van der Waals surface area contributed by atoms with E-state index in [2.05, 4.69) is 42.6 Å². The summed E-state index contributed by atoms with van der Waals surface area (Å²) in [6.07, 6.45) is 10.4. The summed E-state index contributed by atoms with van der Waals surface area (Å²) in [5.74, 6) is 2.11. The molecule has 1 amide bonds. The highest BCUT2D eigenvalue weighted by molar-refractivity contribution is 9.10. The zero-order valence-electron chi connectivity index (χ0n) is 16.5. The van der Waals surface area contributed by atoms with Gasteiger partial charge in [-0.25, -0.2) is 9.97 Å². The van der Waals surface area contributed by atoms with Crippen LogP contribution in [0.15, 0.2) is 16.9 Å². The maximum atomic E-state index is 12.8. The Kier molecular flexibility index (Phi) is 4.78. The van der Waals surface area contributed by atoms with Crippen LogP contribution in [0.2, 0.25) is 0 Å². The molecule has 7 nitrogen and oxygen atoms in total. The van der Waals surface area contributed by atoms with E-state index in [1.54, 1.807) is 11.1 Å². The zero-order valence-corrected chi connectivity index (χ0v) is 18.1. The van der Waals surface area contributed by atoms with Crippen LogP contribution in [0.4, 0.5) is 5.95 Å². The second-order valence-electron chi connectivity index (χ2n) is 9.58. The number of nitrogens with one attached hydrogen (secondary N) is 2. The van der Waals surface area contributed by atoms with E-state index in [1.165, 1.54) is 6.42 Å². The van der Waals surface area contributed by atoms with Crippen molar-refractivity contribution in [2.24, 2.45) is 11.8 Å². The lowest BCUT2D eigenvalue weighted by atomic mass is 9.50. The molecule has 1 aliphatic heterocycles. The lowest BCUT2D eigenvalue weighted by Crippen LogP contribution is -2.67. The largest absolute Gasteiger partial charge is 0.349 e. The highest BCUT2D eigenvalue weighted by Crippen LogP contribution is 2.58. The van der Waals surface area contributed by atoms with Crippen molar-refractivity contribution in [3.05, 3.63) is 16.9 Å². The molecule has 0 spiro atoms. The summed E-state index contributed by atoms with van der Waals surface area (Å²) in [6, 6.07) is 3.87. The molecule has 1 saturated heterocycles. The molecule has 1 aromatic heterocycles. The lowest BCUT2D eigenvalue weighted by molar-refractivity contribution is -0.131. The van der Waals surface area contributed by atoms with Gasteiger partial charge >= 0.3 is 0 Å². The molecule has 0 radical (unpaired) electrons. The van der Waals surface area contributed by atoms with E-state index < -0.39 is 0 Å². The number of hydrogen-bond acceptors (Lipinski definition) is 6. The minimum absolute atomic E-state index is 0.000615. The Morgan fingerprint density at radius 1 is 1.31 bits per heavy atom. The van der Waals surface area contributed by atoms with E-state index in [-0.39, 0.29) is 23.0 Å². The second-order valence-corrected chi connectivity index (χ2v) is 10.4. The molecule has 5 aliphatic rings. The normalized spacial score (nSPS) is 37.5. The molecule has 8 heteroatoms. The first-order valence-electron chi connectivity index (χ1n) is 10.7. The van der Waals surface area contributed by atoms with Gasteiger partial charge in [0.2, 0.25) is 11.9 Å². The highest BCUT2D eigenvalue weighted by Gasteiger charge is 2.58. The Morgan fingerprint density at radius 2 is 2.07 bits per heavy atom. The first kappa shape index (κ1) is 19.3. The summed E-state index contributed by atoms with van der Waals surface area (Å²) in [7, 11) is 0. The van der Waals surface area contributed by atoms with Gasteiger partial charge in [-0.3, -0.25) is 4.79 Å². The van der Waals surface area contributed by atoms with Crippen molar-refractivity contribution in [1.82, 2.24) is 20.2 Å². The number of amides is 1. The van der Waals surface area contributed by atoms with Gasteiger partial charge in [0, 0.05) is 23.8 Å². The number of rotatable bonds is 5. The summed E-state index contributed by atoms with van der Waals surface area (Å²) in [6.45, 7) is 1.05. The molecule has 29 heavy (non-hydrogen) atoms. The third-order valence-electron chi connectivity index (χ3n) is 7.40. The van der Waals surface area contributed by atoms with Gasteiger partial charge in [0.05, 0.1) is 12.6 Å². The van der Waals surface area contributed by atoms with E-state index in [1.807, 2.05) is 6.07 Å². The number of aromatic nitrogens is 2. The number of nitrogens with zero attached hydrogens (tertiary/aromatic N) is 4. The van der Waals surface area contributed by atoms with Gasteiger partial charge in [-0.2, -0.15) is 5.26 Å². The molecular formula is C21H27BrN6O. The van der Waals surface area contributed by atoms with Crippen LogP contribution in [0, 0.1) is 23.2 Å². The van der Waals surface area contributed by atoms with Crippen LogP contribution in [0.3, 0.4) is 0 Å². The van der Waals surface area contributed by atoms with Crippen LogP contribution in [-0.2, 0) is 4.79 Å². The van der Waals surface area contributed by atoms with Crippen LogP contribution in [0.5, 0.6) is 0 Å². The smallest absolute Gasteiger partial charge is 0.237 e. The van der Waals surface area contributed by atoms with E-state index >= 15 is 0 Å². The maximum Gasteiger partial charge on any atom is 0.237 e. The summed E-state index contributed by atoms with van der Waals surface area (Å²) in [4.78, 5) is 23.5. The Balaban J connectivity index is 1.30. The summed E-state index contributed by atoms with van der Waals surface area (Å²) < 4.78 is 0.788. The molecule has 4 saturated carbocycles. The maximum absolute atomic E-state index is 12.8. The number of likely N-dealkylation sites (tertiary alicyclic amines) is 1. The van der Waals surface area contributed by atoms with Crippen molar-refractivity contribution in [1.29, 1.82) is 5.26 Å². The SMILES string of the molecule is N#C[C@@H]1CCCN1C(=O)CNC12CC3CC(C1)CC(Nc1nccc(Br)n1)(C3)C2. The van der Waals surface area contributed by atoms with Crippen LogP contribution >= 0.6 is 15.9 Å². The van der Waals surface area contributed by atoms with Crippen LogP contribution in [0.25, 0.3) is 0 Å². The molecule has 5 fully saturated rings. The van der Waals surface area contributed by atoms with Crippen molar-refractivity contribution in [2.45, 2.75) is 68.5 Å². The fourth-order valence-corrected chi connectivity index (χ4v) is 7.10. The van der Waals surface area contributed by atoms with Crippen molar-refractivity contribution in [3.63, 3.8) is 0 Å². The molecule has 2 heterocycles.